The van der Waals surface area contributed by atoms with Crippen LogP contribution in [0.1, 0.15) is 41.2 Å². The number of aromatic nitrogens is 3. The fourth-order valence-electron chi connectivity index (χ4n) is 4.64. The highest BCUT2D eigenvalue weighted by atomic mass is 19.4. The van der Waals surface area contributed by atoms with Gasteiger partial charge in [0.2, 0.25) is 5.95 Å². The molecule has 1 saturated heterocycles. The minimum atomic E-state index is -4.39. The van der Waals surface area contributed by atoms with Crippen LogP contribution in [0.25, 0.3) is 0 Å². The second-order valence-electron chi connectivity index (χ2n) is 8.22. The van der Waals surface area contributed by atoms with Crippen LogP contribution in [0.4, 0.5) is 19.1 Å². The predicted octanol–water partition coefficient (Wildman–Crippen LogP) is 3.86. The van der Waals surface area contributed by atoms with E-state index in [1.807, 2.05) is 6.07 Å². The Hall–Kier alpha value is -3.04. The topological polar surface area (TPSA) is 72.3 Å². The van der Waals surface area contributed by atoms with E-state index in [0.717, 1.165) is 16.6 Å². The van der Waals surface area contributed by atoms with Crippen molar-refractivity contribution >= 4 is 11.9 Å². The number of methoxy groups -OCH3 is 1. The number of carbonyl (C=O) groups is 1. The molecule has 2 aromatic rings. The molecular weight excluding hydrogens is 423 g/mol. The molecule has 3 heterocycles. The van der Waals surface area contributed by atoms with E-state index in [9.17, 15) is 18.0 Å². The van der Waals surface area contributed by atoms with Gasteiger partial charge in [-0.2, -0.15) is 23.3 Å². The van der Waals surface area contributed by atoms with Gasteiger partial charge in [-0.15, -0.1) is 6.58 Å². The Morgan fingerprint density at radius 2 is 2.09 bits per heavy atom. The van der Waals surface area contributed by atoms with E-state index in [2.05, 4.69) is 22.0 Å². The van der Waals surface area contributed by atoms with Crippen molar-refractivity contribution in [2.24, 2.45) is 5.92 Å². The van der Waals surface area contributed by atoms with Gasteiger partial charge in [-0.05, 0) is 55.4 Å². The third-order valence-electron chi connectivity index (χ3n) is 6.33. The van der Waals surface area contributed by atoms with E-state index in [1.165, 1.54) is 0 Å². The van der Waals surface area contributed by atoms with Gasteiger partial charge in [-0.1, -0.05) is 6.08 Å². The van der Waals surface area contributed by atoms with Crippen LogP contribution in [0.2, 0.25) is 0 Å². The number of nitrogens with one attached hydrogen (secondary N) is 1. The van der Waals surface area contributed by atoms with E-state index < -0.39 is 12.2 Å². The van der Waals surface area contributed by atoms with Crippen molar-refractivity contribution in [3.8, 4) is 5.75 Å². The zero-order chi connectivity index (χ0) is 22.9. The van der Waals surface area contributed by atoms with Crippen LogP contribution in [0.5, 0.6) is 5.75 Å². The lowest BCUT2D eigenvalue weighted by atomic mass is 9.84. The summed E-state index contributed by atoms with van der Waals surface area (Å²) in [5.74, 6) is 0.785. The van der Waals surface area contributed by atoms with Gasteiger partial charge >= 0.3 is 6.18 Å². The summed E-state index contributed by atoms with van der Waals surface area (Å²) in [6.45, 7) is 4.73. The van der Waals surface area contributed by atoms with Gasteiger partial charge < -0.3 is 15.0 Å². The molecular formula is C22H26F3N5O2. The number of allylic oxidation sites excluding steroid dienone is 1. The van der Waals surface area contributed by atoms with Gasteiger partial charge in [-0.25, -0.2) is 4.68 Å². The van der Waals surface area contributed by atoms with Crippen molar-refractivity contribution in [3.63, 3.8) is 0 Å². The maximum absolute atomic E-state index is 13.6. The number of benzene rings is 1. The van der Waals surface area contributed by atoms with Crippen molar-refractivity contribution in [2.75, 3.05) is 25.5 Å². The first-order valence-electron chi connectivity index (χ1n) is 10.6. The summed E-state index contributed by atoms with van der Waals surface area (Å²) in [5.41, 5.74) is 1.46. The molecule has 0 unspecified atom stereocenters. The summed E-state index contributed by atoms with van der Waals surface area (Å²) in [7, 11) is 1.58. The summed E-state index contributed by atoms with van der Waals surface area (Å²) >= 11 is 0. The van der Waals surface area contributed by atoms with E-state index in [4.69, 9.17) is 4.74 Å². The van der Waals surface area contributed by atoms with Gasteiger partial charge in [0.1, 0.15) is 12.1 Å². The summed E-state index contributed by atoms with van der Waals surface area (Å²) in [5, 5.41) is 6.86. The molecule has 1 fully saturated rings. The normalized spacial score (nSPS) is 21.6. The van der Waals surface area contributed by atoms with Crippen molar-refractivity contribution < 1.29 is 22.7 Å². The van der Waals surface area contributed by atoms with Crippen LogP contribution in [-0.4, -0.2) is 58.0 Å². The Kier molecular flexibility index (Phi) is 6.12. The maximum atomic E-state index is 13.6. The number of hydrogen-bond donors (Lipinski definition) is 1. The molecule has 0 saturated carbocycles. The summed E-state index contributed by atoms with van der Waals surface area (Å²) in [6, 6.07) is 3.28. The number of fused-ring (bicyclic) bond motifs is 1. The molecule has 0 bridgehead atoms. The highest BCUT2D eigenvalue weighted by molar-refractivity contribution is 5.94. The largest absolute Gasteiger partial charge is 0.496 e. The molecule has 0 aliphatic carbocycles. The van der Waals surface area contributed by atoms with Crippen molar-refractivity contribution in [1.82, 2.24) is 19.7 Å². The number of nitrogens with zero attached hydrogens (tertiary/aromatic N) is 4. The number of hydrogen-bond acceptors (Lipinski definition) is 5. The molecule has 32 heavy (non-hydrogen) atoms. The third-order valence-corrected chi connectivity index (χ3v) is 6.33. The zero-order valence-electron chi connectivity index (χ0n) is 17.8. The van der Waals surface area contributed by atoms with Gasteiger partial charge in [0.25, 0.3) is 5.91 Å². The highest BCUT2D eigenvalue weighted by Crippen LogP contribution is 2.41. The second kappa shape index (κ2) is 8.84. The van der Waals surface area contributed by atoms with Crippen LogP contribution in [-0.2, 0) is 6.42 Å². The number of rotatable bonds is 5. The Bertz CT molecular complexity index is 982. The number of ether oxygens (including phenoxy) is 1. The average molecular weight is 449 g/mol. The molecule has 4 rings (SSSR count). The number of alkyl halides is 3. The van der Waals surface area contributed by atoms with Gasteiger partial charge in [0.05, 0.1) is 7.11 Å². The third kappa shape index (κ3) is 4.31. The smallest absolute Gasteiger partial charge is 0.411 e. The molecule has 172 valence electrons. The van der Waals surface area contributed by atoms with Crippen molar-refractivity contribution in [2.45, 2.75) is 43.9 Å². The molecule has 2 aliphatic heterocycles. The first-order valence-corrected chi connectivity index (χ1v) is 10.6. The molecule has 0 radical (unpaired) electrons. The lowest BCUT2D eigenvalue weighted by Crippen LogP contribution is -2.47. The fraction of sp³-hybridized carbons (Fsp3) is 0.500. The summed E-state index contributed by atoms with van der Waals surface area (Å²) in [6.07, 6.45) is 0.239. The maximum Gasteiger partial charge on any atom is 0.411 e. The number of anilines is 1. The molecule has 1 aromatic carbocycles. The first-order chi connectivity index (χ1) is 15.3. The number of carbonyl (C=O) groups excluding carboxylic acids is 1. The SMILES string of the molecule is C=CCc1cc(C(=O)N2CCC([C@@H]3C[C@H](C(F)(F)F)n4ncnc4N3)CC2)ccc1OC. The van der Waals surface area contributed by atoms with Crippen molar-refractivity contribution in [1.29, 1.82) is 0 Å². The summed E-state index contributed by atoms with van der Waals surface area (Å²) in [4.78, 5) is 18.7. The van der Waals surface area contributed by atoms with Gasteiger partial charge in [0, 0.05) is 24.7 Å². The average Bonchev–Trinajstić information content (AvgIpc) is 3.26. The minimum absolute atomic E-state index is 0.0153. The number of likely N-dealkylation sites (tertiary alicyclic amines) is 1. The monoisotopic (exact) mass is 449 g/mol. The van der Waals surface area contributed by atoms with E-state index in [-0.39, 0.29) is 30.2 Å². The molecule has 0 spiro atoms. The van der Waals surface area contributed by atoms with Crippen molar-refractivity contribution in [3.05, 3.63) is 48.3 Å². The number of halogens is 3. The lowest BCUT2D eigenvalue weighted by molar-refractivity contribution is -0.174. The van der Waals surface area contributed by atoms with Gasteiger partial charge in [-0.3, -0.25) is 4.79 Å². The van der Waals surface area contributed by atoms with Crippen LogP contribution in [0.15, 0.2) is 37.2 Å². The second-order valence-corrected chi connectivity index (χ2v) is 8.22. The zero-order valence-corrected chi connectivity index (χ0v) is 17.8. The molecule has 2 aliphatic rings. The molecule has 1 aromatic heterocycles. The Labute approximate surface area is 184 Å². The van der Waals surface area contributed by atoms with E-state index in [0.29, 0.717) is 43.7 Å². The standard InChI is InChI=1S/C22H26F3N5O2/c1-3-4-15-11-16(5-6-18(15)32-2)20(31)29-9-7-14(8-10-29)17-12-19(22(23,24)25)30-21(28-17)26-13-27-30/h3,5-6,11,13-14,17,19H,1,4,7-10,12H2,2H3,(H,26,27,28)/t17-,19+/m0/s1. The van der Waals surface area contributed by atoms with Crippen LogP contribution < -0.4 is 10.1 Å². The van der Waals surface area contributed by atoms with Crippen LogP contribution in [0, 0.1) is 5.92 Å². The molecule has 2 atom stereocenters. The number of piperidine rings is 1. The minimum Gasteiger partial charge on any atom is -0.496 e. The molecule has 1 N–H and O–H groups in total. The van der Waals surface area contributed by atoms with E-state index >= 15 is 0 Å². The van der Waals surface area contributed by atoms with Crippen LogP contribution in [0.3, 0.4) is 0 Å². The summed E-state index contributed by atoms with van der Waals surface area (Å²) < 4.78 is 46.9. The highest BCUT2D eigenvalue weighted by Gasteiger charge is 2.48. The lowest BCUT2D eigenvalue weighted by Gasteiger charge is -2.40. The number of amides is 1. The Balaban J connectivity index is 1.42. The fourth-order valence-corrected chi connectivity index (χ4v) is 4.64. The molecule has 10 heteroatoms. The van der Waals surface area contributed by atoms with Crippen LogP contribution >= 0.6 is 0 Å². The molecule has 1 amide bonds. The predicted molar refractivity (Wildman–Crippen MR) is 113 cm³/mol. The van der Waals surface area contributed by atoms with Gasteiger partial charge in [0.15, 0.2) is 6.04 Å². The molecule has 7 nitrogen and oxygen atoms in total. The first kappa shape index (κ1) is 22.2. The quantitative estimate of drug-likeness (QED) is 0.702. The Morgan fingerprint density at radius 1 is 1.34 bits per heavy atom. The Morgan fingerprint density at radius 3 is 2.75 bits per heavy atom. The van der Waals surface area contributed by atoms with E-state index in [1.54, 1.807) is 30.2 Å².